The number of benzene rings is 1. The van der Waals surface area contributed by atoms with E-state index in [0.717, 1.165) is 0 Å². The number of nitrogens with two attached hydrogens (primary N) is 1. The quantitative estimate of drug-likeness (QED) is 0.571. The van der Waals surface area contributed by atoms with E-state index in [1.54, 1.807) is 0 Å². The Morgan fingerprint density at radius 1 is 1.38 bits per heavy atom. The van der Waals surface area contributed by atoms with E-state index in [1.807, 2.05) is 0 Å². The summed E-state index contributed by atoms with van der Waals surface area (Å²) in [6.07, 6.45) is 0.114. The lowest BCUT2D eigenvalue weighted by molar-refractivity contribution is -0.138. The molecule has 0 bridgehead atoms. The summed E-state index contributed by atoms with van der Waals surface area (Å²) < 4.78 is 9.50. The lowest BCUT2D eigenvalue weighted by Crippen LogP contribution is -2.32. The number of halogens is 1. The third-order valence-electron chi connectivity index (χ3n) is 1.81. The van der Waals surface area contributed by atoms with Crippen molar-refractivity contribution in [2.45, 2.75) is 12.5 Å². The standard InChI is InChI=1S/C9H11NO4.CH3F/c10-6(9(13)14)3-5-1-2-7(11)8(12)4-5;1-2/h1-2,4,6,11-12H,3,10H2,(H,13,14);1H3. The molecule has 1 rings (SSSR count). The van der Waals surface area contributed by atoms with Crippen LogP contribution < -0.4 is 5.73 Å². The van der Waals surface area contributed by atoms with Crippen LogP contribution in [0.15, 0.2) is 18.2 Å². The maximum Gasteiger partial charge on any atom is 0.320 e. The molecule has 5 nitrogen and oxygen atoms in total. The first-order chi connectivity index (χ1) is 7.50. The Hall–Kier alpha value is -1.82. The predicted octanol–water partition coefficient (Wildman–Crippen LogP) is 0.638. The van der Waals surface area contributed by atoms with E-state index in [4.69, 9.17) is 21.1 Å². The van der Waals surface area contributed by atoms with Gasteiger partial charge < -0.3 is 21.1 Å². The van der Waals surface area contributed by atoms with Crippen LogP contribution in [-0.2, 0) is 11.2 Å². The number of rotatable bonds is 3. The third-order valence-corrected chi connectivity index (χ3v) is 1.81. The molecule has 0 aliphatic carbocycles. The second-order valence-electron chi connectivity index (χ2n) is 2.97. The highest BCUT2D eigenvalue weighted by Crippen LogP contribution is 2.25. The highest BCUT2D eigenvalue weighted by molar-refractivity contribution is 5.73. The van der Waals surface area contributed by atoms with Crippen LogP contribution in [0.5, 0.6) is 11.5 Å². The van der Waals surface area contributed by atoms with Gasteiger partial charge in [-0.3, -0.25) is 9.18 Å². The van der Waals surface area contributed by atoms with Crippen molar-refractivity contribution < 1.29 is 24.5 Å². The zero-order valence-electron chi connectivity index (χ0n) is 8.72. The van der Waals surface area contributed by atoms with Gasteiger partial charge in [-0.1, -0.05) is 6.07 Å². The van der Waals surface area contributed by atoms with Crippen LogP contribution in [0.25, 0.3) is 0 Å². The fourth-order valence-electron chi connectivity index (χ4n) is 1.04. The SMILES string of the molecule is CF.NC(Cc1ccc(O)c(O)c1)C(=O)O. The number of carbonyl (C=O) groups is 1. The maximum atomic E-state index is 10.4. The second kappa shape index (κ2) is 6.62. The van der Waals surface area contributed by atoms with Crippen molar-refractivity contribution in [2.75, 3.05) is 7.18 Å². The minimum Gasteiger partial charge on any atom is -0.504 e. The van der Waals surface area contributed by atoms with Crippen molar-refractivity contribution in [3.8, 4) is 11.5 Å². The summed E-state index contributed by atoms with van der Waals surface area (Å²) in [5.74, 6) is -1.62. The van der Waals surface area contributed by atoms with Gasteiger partial charge >= 0.3 is 5.97 Å². The van der Waals surface area contributed by atoms with Gasteiger partial charge in [0.1, 0.15) is 6.04 Å². The van der Waals surface area contributed by atoms with Gasteiger partial charge in [0.2, 0.25) is 0 Å². The fourth-order valence-corrected chi connectivity index (χ4v) is 1.04. The van der Waals surface area contributed by atoms with Gasteiger partial charge in [-0.25, -0.2) is 0 Å². The van der Waals surface area contributed by atoms with Crippen LogP contribution in [-0.4, -0.2) is 34.5 Å². The van der Waals surface area contributed by atoms with Gasteiger partial charge in [-0.15, -0.1) is 0 Å². The highest BCUT2D eigenvalue weighted by Gasteiger charge is 2.12. The molecular formula is C10H14FNO4. The summed E-state index contributed by atoms with van der Waals surface area (Å²) in [6.45, 7) is 0. The number of alkyl halides is 1. The van der Waals surface area contributed by atoms with Gasteiger partial charge in [0, 0.05) is 0 Å². The molecule has 0 aliphatic heterocycles. The minimum atomic E-state index is -1.10. The Balaban J connectivity index is 0.00000106. The van der Waals surface area contributed by atoms with E-state index in [-0.39, 0.29) is 17.9 Å². The summed E-state index contributed by atoms with van der Waals surface area (Å²) in [6, 6.07) is 3.09. The number of carboxylic acid groups (broad SMARTS) is 1. The minimum absolute atomic E-state index is 0.114. The van der Waals surface area contributed by atoms with Crippen molar-refractivity contribution in [1.82, 2.24) is 0 Å². The molecule has 0 fully saturated rings. The first-order valence-corrected chi connectivity index (χ1v) is 4.37. The zero-order valence-corrected chi connectivity index (χ0v) is 8.72. The molecule has 0 amide bonds. The van der Waals surface area contributed by atoms with Crippen LogP contribution in [0.2, 0.25) is 0 Å². The van der Waals surface area contributed by atoms with Crippen molar-refractivity contribution in [3.05, 3.63) is 23.8 Å². The first kappa shape index (κ1) is 14.2. The topological polar surface area (TPSA) is 104 Å². The summed E-state index contributed by atoms with van der Waals surface area (Å²) in [5.41, 5.74) is 5.86. The molecule has 0 radical (unpaired) electrons. The fraction of sp³-hybridized carbons (Fsp3) is 0.300. The normalized spacial score (nSPS) is 11.2. The number of phenols is 2. The second-order valence-corrected chi connectivity index (χ2v) is 2.97. The predicted molar refractivity (Wildman–Crippen MR) is 56.1 cm³/mol. The Morgan fingerprint density at radius 2 is 1.94 bits per heavy atom. The molecule has 6 heteroatoms. The van der Waals surface area contributed by atoms with Gasteiger partial charge in [0.05, 0.1) is 7.18 Å². The summed E-state index contributed by atoms with van der Waals surface area (Å²) in [7, 11) is 0.500. The molecule has 0 saturated heterocycles. The number of aromatic hydroxyl groups is 2. The van der Waals surface area contributed by atoms with Crippen molar-refractivity contribution >= 4 is 5.97 Å². The lowest BCUT2D eigenvalue weighted by Gasteiger charge is -2.06. The Kier molecular flexibility index (Phi) is 5.87. The monoisotopic (exact) mass is 231 g/mol. The molecular weight excluding hydrogens is 217 g/mol. The van der Waals surface area contributed by atoms with E-state index in [0.29, 0.717) is 12.7 Å². The van der Waals surface area contributed by atoms with Crippen LogP contribution in [0.4, 0.5) is 4.39 Å². The Bertz CT molecular complexity index is 357. The van der Waals surface area contributed by atoms with Gasteiger partial charge in [0.25, 0.3) is 0 Å². The average Bonchev–Trinajstić information content (AvgIpc) is 2.26. The zero-order chi connectivity index (χ0) is 12.7. The van der Waals surface area contributed by atoms with Gasteiger partial charge in [-0.05, 0) is 24.1 Å². The highest BCUT2D eigenvalue weighted by atomic mass is 19.1. The molecule has 16 heavy (non-hydrogen) atoms. The van der Waals surface area contributed by atoms with Crippen molar-refractivity contribution in [1.29, 1.82) is 0 Å². The van der Waals surface area contributed by atoms with E-state index in [9.17, 15) is 9.18 Å². The molecule has 0 saturated carbocycles. The van der Waals surface area contributed by atoms with Crippen LogP contribution in [0, 0.1) is 0 Å². The third kappa shape index (κ3) is 4.14. The largest absolute Gasteiger partial charge is 0.504 e. The number of hydrogen-bond donors (Lipinski definition) is 4. The summed E-state index contributed by atoms with van der Waals surface area (Å²) in [5, 5.41) is 26.6. The number of phenolic OH excluding ortho intramolecular Hbond substituents is 2. The van der Waals surface area contributed by atoms with E-state index in [2.05, 4.69) is 0 Å². The molecule has 5 N–H and O–H groups in total. The van der Waals surface area contributed by atoms with Crippen LogP contribution >= 0.6 is 0 Å². The van der Waals surface area contributed by atoms with E-state index in [1.165, 1.54) is 18.2 Å². The maximum absolute atomic E-state index is 10.4. The van der Waals surface area contributed by atoms with Gasteiger partial charge in [0.15, 0.2) is 11.5 Å². The number of carboxylic acids is 1. The Morgan fingerprint density at radius 3 is 2.38 bits per heavy atom. The molecule has 0 spiro atoms. The first-order valence-electron chi connectivity index (χ1n) is 4.37. The molecule has 1 aromatic rings. The lowest BCUT2D eigenvalue weighted by atomic mass is 10.1. The van der Waals surface area contributed by atoms with Crippen LogP contribution in [0.1, 0.15) is 5.56 Å². The van der Waals surface area contributed by atoms with Crippen LogP contribution in [0.3, 0.4) is 0 Å². The van der Waals surface area contributed by atoms with Crippen molar-refractivity contribution in [3.63, 3.8) is 0 Å². The molecule has 0 aliphatic rings. The number of aliphatic carboxylic acids is 1. The molecule has 0 aromatic heterocycles. The average molecular weight is 231 g/mol. The van der Waals surface area contributed by atoms with E-state index >= 15 is 0 Å². The smallest absolute Gasteiger partial charge is 0.320 e. The summed E-state index contributed by atoms with van der Waals surface area (Å²) >= 11 is 0. The molecule has 1 unspecified atom stereocenters. The number of hydrogen-bond acceptors (Lipinski definition) is 4. The molecule has 0 heterocycles. The molecule has 1 atom stereocenters. The van der Waals surface area contributed by atoms with Gasteiger partial charge in [-0.2, -0.15) is 0 Å². The molecule has 1 aromatic carbocycles. The molecule has 90 valence electrons. The Labute approximate surface area is 91.9 Å². The summed E-state index contributed by atoms with van der Waals surface area (Å²) in [4.78, 5) is 10.4. The van der Waals surface area contributed by atoms with E-state index < -0.39 is 12.0 Å². The van der Waals surface area contributed by atoms with Crippen molar-refractivity contribution in [2.24, 2.45) is 5.73 Å².